The van der Waals surface area contributed by atoms with Gasteiger partial charge in [-0.2, -0.15) is 0 Å². The number of hydrogen-bond acceptors (Lipinski definition) is 7. The van der Waals surface area contributed by atoms with Crippen molar-refractivity contribution in [1.82, 2.24) is 19.9 Å². The van der Waals surface area contributed by atoms with Gasteiger partial charge in [0.15, 0.2) is 0 Å². The van der Waals surface area contributed by atoms with Gasteiger partial charge in [-0.05, 0) is 52.3 Å². The van der Waals surface area contributed by atoms with Crippen molar-refractivity contribution in [2.75, 3.05) is 18.5 Å². The van der Waals surface area contributed by atoms with Crippen LogP contribution in [0.4, 0.5) is 15.3 Å². The van der Waals surface area contributed by atoms with Crippen LogP contribution in [0.25, 0.3) is 11.0 Å². The molecule has 1 aliphatic rings. The van der Waals surface area contributed by atoms with Crippen molar-refractivity contribution in [1.29, 1.82) is 0 Å². The second kappa shape index (κ2) is 8.31. The van der Waals surface area contributed by atoms with Crippen LogP contribution in [0.3, 0.4) is 0 Å². The summed E-state index contributed by atoms with van der Waals surface area (Å²) < 4.78 is 18.3. The average molecular weight is 435 g/mol. The third kappa shape index (κ3) is 5.23. The number of carbonyl (C=O) groups is 2. The van der Waals surface area contributed by atoms with Crippen molar-refractivity contribution in [3.05, 3.63) is 17.7 Å². The third-order valence-electron chi connectivity index (χ3n) is 4.77. The maximum atomic E-state index is 12.2. The number of ether oxygens (including phenoxy) is 3. The molecule has 2 amide bonds. The molecule has 0 saturated carbocycles. The standard InChI is InChI=1S/C20H29N5O6/c1-19(2,3)31-17(26)21-14-7-12(8-15-16(14)22-23-24(15)6)9-29-10-13-11-30-20(4,5)25(13)18(27)28/h7-8,13H,9-11H2,1-6H3,(H,21,26)(H,27,28)/t13-/m0/s1. The van der Waals surface area contributed by atoms with E-state index in [9.17, 15) is 14.7 Å². The number of anilines is 1. The lowest BCUT2D eigenvalue weighted by Gasteiger charge is -2.30. The molecule has 0 unspecified atom stereocenters. The summed E-state index contributed by atoms with van der Waals surface area (Å²) in [7, 11) is 1.75. The number of amides is 2. The van der Waals surface area contributed by atoms with E-state index in [0.29, 0.717) is 16.7 Å². The first-order valence-corrected chi connectivity index (χ1v) is 9.93. The van der Waals surface area contributed by atoms with Gasteiger partial charge in [-0.15, -0.1) is 5.10 Å². The van der Waals surface area contributed by atoms with E-state index in [4.69, 9.17) is 14.2 Å². The molecule has 2 heterocycles. The number of fused-ring (bicyclic) bond motifs is 1. The van der Waals surface area contributed by atoms with Gasteiger partial charge in [-0.3, -0.25) is 10.2 Å². The molecule has 11 nitrogen and oxygen atoms in total. The predicted molar refractivity (Wildman–Crippen MR) is 112 cm³/mol. The maximum Gasteiger partial charge on any atom is 0.412 e. The summed E-state index contributed by atoms with van der Waals surface area (Å²) in [4.78, 5) is 25.1. The van der Waals surface area contributed by atoms with Crippen molar-refractivity contribution >= 4 is 28.9 Å². The first kappa shape index (κ1) is 22.8. The second-order valence-corrected chi connectivity index (χ2v) is 8.93. The SMILES string of the molecule is Cn1nnc2c(NC(=O)OC(C)(C)C)cc(COC[C@H]3COC(C)(C)N3C(=O)O)cc21. The van der Waals surface area contributed by atoms with E-state index in [2.05, 4.69) is 15.6 Å². The molecule has 31 heavy (non-hydrogen) atoms. The summed E-state index contributed by atoms with van der Waals surface area (Å²) in [6, 6.07) is 3.19. The van der Waals surface area contributed by atoms with E-state index in [1.807, 2.05) is 6.07 Å². The number of benzene rings is 1. The molecule has 1 aliphatic heterocycles. The van der Waals surface area contributed by atoms with E-state index in [-0.39, 0.29) is 19.8 Å². The zero-order valence-corrected chi connectivity index (χ0v) is 18.6. The fourth-order valence-electron chi connectivity index (χ4n) is 3.49. The van der Waals surface area contributed by atoms with Gasteiger partial charge in [0, 0.05) is 7.05 Å². The topological polar surface area (TPSA) is 128 Å². The molecule has 0 bridgehead atoms. The van der Waals surface area contributed by atoms with Gasteiger partial charge in [-0.1, -0.05) is 5.21 Å². The van der Waals surface area contributed by atoms with Crippen molar-refractivity contribution in [3.8, 4) is 0 Å². The van der Waals surface area contributed by atoms with E-state index < -0.39 is 29.6 Å². The zero-order valence-electron chi connectivity index (χ0n) is 18.6. The minimum atomic E-state index is -1.05. The number of aryl methyl sites for hydroxylation is 1. The highest BCUT2D eigenvalue weighted by Gasteiger charge is 2.44. The summed E-state index contributed by atoms with van der Waals surface area (Å²) in [5, 5.41) is 20.3. The minimum Gasteiger partial charge on any atom is -0.465 e. The molecule has 1 aromatic heterocycles. The van der Waals surface area contributed by atoms with E-state index in [1.165, 1.54) is 4.90 Å². The number of nitrogens with zero attached hydrogens (tertiary/aromatic N) is 4. The Balaban J connectivity index is 1.73. The highest BCUT2D eigenvalue weighted by atomic mass is 16.6. The predicted octanol–water partition coefficient (Wildman–Crippen LogP) is 2.95. The third-order valence-corrected chi connectivity index (χ3v) is 4.77. The lowest BCUT2D eigenvalue weighted by Crippen LogP contribution is -2.48. The van der Waals surface area contributed by atoms with Crippen molar-refractivity contribution in [3.63, 3.8) is 0 Å². The summed E-state index contributed by atoms with van der Waals surface area (Å²) in [5.41, 5.74) is 0.924. The molecular formula is C20H29N5O6. The van der Waals surface area contributed by atoms with Crippen molar-refractivity contribution in [2.24, 2.45) is 7.05 Å². The maximum absolute atomic E-state index is 12.2. The van der Waals surface area contributed by atoms with Crippen LogP contribution >= 0.6 is 0 Å². The largest absolute Gasteiger partial charge is 0.465 e. The molecular weight excluding hydrogens is 406 g/mol. The van der Waals surface area contributed by atoms with Crippen molar-refractivity contribution in [2.45, 2.75) is 58.6 Å². The van der Waals surface area contributed by atoms with Crippen LogP contribution in [-0.2, 0) is 27.9 Å². The quantitative estimate of drug-likeness (QED) is 0.734. The first-order valence-electron chi connectivity index (χ1n) is 9.93. The monoisotopic (exact) mass is 435 g/mol. The molecule has 170 valence electrons. The van der Waals surface area contributed by atoms with Gasteiger partial charge in [0.2, 0.25) is 0 Å². The summed E-state index contributed by atoms with van der Waals surface area (Å²) in [5.74, 6) is 0. The van der Waals surface area contributed by atoms with E-state index >= 15 is 0 Å². The molecule has 2 N–H and O–H groups in total. The van der Waals surface area contributed by atoms with Crippen LogP contribution in [0.1, 0.15) is 40.2 Å². The highest BCUT2D eigenvalue weighted by Crippen LogP contribution is 2.28. The van der Waals surface area contributed by atoms with Crippen LogP contribution in [0.5, 0.6) is 0 Å². The average Bonchev–Trinajstić information content (AvgIpc) is 3.13. The first-order chi connectivity index (χ1) is 14.4. The Kier molecular flexibility index (Phi) is 6.10. The molecule has 0 radical (unpaired) electrons. The lowest BCUT2D eigenvalue weighted by molar-refractivity contribution is -0.0449. The molecule has 1 fully saturated rings. The minimum absolute atomic E-state index is 0.173. The van der Waals surface area contributed by atoms with Gasteiger partial charge in [0.1, 0.15) is 16.8 Å². The normalized spacial score (nSPS) is 18.4. The molecule has 2 aromatic rings. The molecule has 11 heteroatoms. The summed E-state index contributed by atoms with van der Waals surface area (Å²) in [6.45, 7) is 9.39. The van der Waals surface area contributed by atoms with E-state index in [0.717, 1.165) is 5.56 Å². The number of nitrogens with one attached hydrogen (secondary N) is 1. The number of hydrogen-bond donors (Lipinski definition) is 2. The van der Waals surface area contributed by atoms with Gasteiger partial charge in [0.25, 0.3) is 0 Å². The van der Waals surface area contributed by atoms with Crippen LogP contribution in [0, 0.1) is 0 Å². The fraction of sp³-hybridized carbons (Fsp3) is 0.600. The van der Waals surface area contributed by atoms with Gasteiger partial charge < -0.3 is 19.3 Å². The number of carboxylic acid groups (broad SMARTS) is 1. The summed E-state index contributed by atoms with van der Waals surface area (Å²) in [6.07, 6.45) is -1.65. The van der Waals surface area contributed by atoms with Crippen molar-refractivity contribution < 1.29 is 28.9 Å². The Morgan fingerprint density at radius 1 is 1.35 bits per heavy atom. The van der Waals surface area contributed by atoms with E-state index in [1.54, 1.807) is 52.4 Å². The molecule has 3 rings (SSSR count). The fourth-order valence-corrected chi connectivity index (χ4v) is 3.49. The highest BCUT2D eigenvalue weighted by molar-refractivity contribution is 5.97. The Labute approximate surface area is 180 Å². The van der Waals surface area contributed by atoms with Gasteiger partial charge in [-0.25, -0.2) is 14.3 Å². The summed E-state index contributed by atoms with van der Waals surface area (Å²) >= 11 is 0. The Morgan fingerprint density at radius 2 is 2.06 bits per heavy atom. The second-order valence-electron chi connectivity index (χ2n) is 8.93. The molecule has 1 saturated heterocycles. The zero-order chi connectivity index (χ0) is 23.0. The van der Waals surface area contributed by atoms with Gasteiger partial charge >= 0.3 is 12.2 Å². The Bertz CT molecular complexity index is 980. The Morgan fingerprint density at radius 3 is 2.71 bits per heavy atom. The number of aromatic nitrogens is 3. The van der Waals surface area contributed by atoms with Gasteiger partial charge in [0.05, 0.1) is 37.1 Å². The van der Waals surface area contributed by atoms with Crippen LogP contribution in [0.2, 0.25) is 0 Å². The Hall–Kier alpha value is -2.92. The van der Waals surface area contributed by atoms with Crippen LogP contribution in [-0.4, -0.2) is 67.8 Å². The lowest BCUT2D eigenvalue weighted by atomic mass is 10.1. The number of rotatable bonds is 5. The van der Waals surface area contributed by atoms with Crippen LogP contribution in [0.15, 0.2) is 12.1 Å². The van der Waals surface area contributed by atoms with Crippen LogP contribution < -0.4 is 5.32 Å². The molecule has 1 aromatic carbocycles. The molecule has 1 atom stereocenters. The molecule has 0 aliphatic carbocycles. The number of carbonyl (C=O) groups excluding carboxylic acids is 1. The smallest absolute Gasteiger partial charge is 0.412 e. The molecule has 0 spiro atoms.